The molecule has 0 saturated carbocycles. The van der Waals surface area contributed by atoms with Crippen molar-refractivity contribution < 1.29 is 9.13 Å². The fourth-order valence-electron chi connectivity index (χ4n) is 5.26. The van der Waals surface area contributed by atoms with Gasteiger partial charge in [-0.05, 0) is 38.2 Å². The highest BCUT2D eigenvalue weighted by atomic mass is 19.1. The third-order valence-corrected chi connectivity index (χ3v) is 6.91. The van der Waals surface area contributed by atoms with Gasteiger partial charge >= 0.3 is 11.4 Å². The number of fused-ring (bicyclic) bond motifs is 3. The Hall–Kier alpha value is -2.78. The SMILES string of the molecule is Cn1ccn2c(=O)n(CCCN3C4CCC3CC(OCc3ccccc3F)C4)c(=O)nc12. The van der Waals surface area contributed by atoms with E-state index in [1.54, 1.807) is 36.1 Å². The number of nitrogens with zero attached hydrogens (tertiary/aromatic N) is 5. The second kappa shape index (κ2) is 8.63. The molecular formula is C23H28FN5O3. The first-order valence-corrected chi connectivity index (χ1v) is 11.3. The van der Waals surface area contributed by atoms with Gasteiger partial charge in [-0.3, -0.25) is 4.90 Å². The molecule has 170 valence electrons. The van der Waals surface area contributed by atoms with Crippen LogP contribution in [0.25, 0.3) is 5.78 Å². The van der Waals surface area contributed by atoms with Crippen molar-refractivity contribution in [3.05, 3.63) is 69.0 Å². The Morgan fingerprint density at radius 3 is 2.59 bits per heavy atom. The third-order valence-electron chi connectivity index (χ3n) is 6.91. The lowest BCUT2D eigenvalue weighted by atomic mass is 9.99. The smallest absolute Gasteiger partial charge is 0.354 e. The molecule has 4 heterocycles. The van der Waals surface area contributed by atoms with Gasteiger partial charge in [-0.25, -0.2) is 22.9 Å². The van der Waals surface area contributed by atoms with E-state index in [-0.39, 0.29) is 17.6 Å². The quantitative estimate of drug-likeness (QED) is 0.560. The van der Waals surface area contributed by atoms with Crippen molar-refractivity contribution in [2.75, 3.05) is 6.54 Å². The van der Waals surface area contributed by atoms with E-state index in [1.807, 2.05) is 6.07 Å². The van der Waals surface area contributed by atoms with Gasteiger partial charge in [0, 0.05) is 50.2 Å². The van der Waals surface area contributed by atoms with Crippen molar-refractivity contribution in [2.24, 2.45) is 7.05 Å². The number of benzene rings is 1. The molecule has 2 aromatic heterocycles. The molecular weight excluding hydrogens is 413 g/mol. The van der Waals surface area contributed by atoms with Crippen LogP contribution >= 0.6 is 0 Å². The van der Waals surface area contributed by atoms with Crippen LogP contribution in [-0.4, -0.2) is 48.2 Å². The molecule has 0 aliphatic carbocycles. The van der Waals surface area contributed by atoms with Crippen LogP contribution in [0.5, 0.6) is 0 Å². The highest BCUT2D eigenvalue weighted by Gasteiger charge is 2.40. The molecule has 2 saturated heterocycles. The van der Waals surface area contributed by atoms with Crippen LogP contribution in [0.15, 0.2) is 46.2 Å². The van der Waals surface area contributed by atoms with Gasteiger partial charge in [0.05, 0.1) is 12.7 Å². The maximum atomic E-state index is 13.9. The summed E-state index contributed by atoms with van der Waals surface area (Å²) in [4.78, 5) is 31.6. The first kappa shape index (κ1) is 21.1. The van der Waals surface area contributed by atoms with Crippen molar-refractivity contribution in [3.8, 4) is 0 Å². The van der Waals surface area contributed by atoms with Crippen LogP contribution in [-0.2, 0) is 24.9 Å². The Morgan fingerprint density at radius 2 is 1.84 bits per heavy atom. The molecule has 2 bridgehead atoms. The number of ether oxygens (including phenoxy) is 1. The molecule has 0 N–H and O–H groups in total. The summed E-state index contributed by atoms with van der Waals surface area (Å²) in [6.07, 6.45) is 8.32. The van der Waals surface area contributed by atoms with E-state index in [1.165, 1.54) is 15.0 Å². The number of hydrogen-bond donors (Lipinski definition) is 0. The molecule has 5 rings (SSSR count). The molecule has 2 aliphatic rings. The van der Waals surface area contributed by atoms with Gasteiger partial charge in [0.2, 0.25) is 5.78 Å². The number of imidazole rings is 1. The van der Waals surface area contributed by atoms with Crippen molar-refractivity contribution in [1.29, 1.82) is 0 Å². The summed E-state index contributed by atoms with van der Waals surface area (Å²) >= 11 is 0. The highest BCUT2D eigenvalue weighted by molar-refractivity contribution is 5.27. The van der Waals surface area contributed by atoms with E-state index >= 15 is 0 Å². The van der Waals surface area contributed by atoms with Gasteiger partial charge in [0.25, 0.3) is 0 Å². The van der Waals surface area contributed by atoms with Gasteiger partial charge < -0.3 is 9.30 Å². The minimum Gasteiger partial charge on any atom is -0.373 e. The van der Waals surface area contributed by atoms with Crippen LogP contribution in [0.4, 0.5) is 4.39 Å². The van der Waals surface area contributed by atoms with Crippen molar-refractivity contribution >= 4 is 5.78 Å². The molecule has 2 unspecified atom stereocenters. The molecule has 0 spiro atoms. The highest BCUT2D eigenvalue weighted by Crippen LogP contribution is 2.37. The molecule has 3 aromatic rings. The summed E-state index contributed by atoms with van der Waals surface area (Å²) in [5.41, 5.74) is -0.244. The summed E-state index contributed by atoms with van der Waals surface area (Å²) < 4.78 is 24.2. The topological polar surface area (TPSA) is 73.8 Å². The number of aromatic nitrogens is 4. The van der Waals surface area contributed by atoms with Crippen molar-refractivity contribution in [3.63, 3.8) is 0 Å². The Morgan fingerprint density at radius 1 is 1.09 bits per heavy atom. The zero-order chi connectivity index (χ0) is 22.2. The first-order valence-electron chi connectivity index (χ1n) is 11.3. The molecule has 0 amide bonds. The molecule has 32 heavy (non-hydrogen) atoms. The Labute approximate surface area is 184 Å². The van der Waals surface area contributed by atoms with E-state index in [0.717, 1.165) is 32.2 Å². The summed E-state index contributed by atoms with van der Waals surface area (Å²) in [6.45, 7) is 1.49. The standard InChI is InChI=1S/C23H28FN5O3/c1-26-11-12-28-21(26)25-22(30)29(23(28)31)10-4-9-27-17-7-8-18(27)14-19(13-17)32-15-16-5-2-3-6-20(16)24/h2-3,5-6,11-12,17-19H,4,7-10,13-15H2,1H3. The zero-order valence-corrected chi connectivity index (χ0v) is 18.2. The molecule has 8 nitrogen and oxygen atoms in total. The third kappa shape index (κ3) is 3.91. The van der Waals surface area contributed by atoms with Crippen molar-refractivity contribution in [2.45, 2.75) is 63.4 Å². The maximum Gasteiger partial charge on any atom is 0.354 e. The monoisotopic (exact) mass is 441 g/mol. The van der Waals surface area contributed by atoms with Crippen molar-refractivity contribution in [1.82, 2.24) is 23.4 Å². The van der Waals surface area contributed by atoms with Gasteiger partial charge in [0.1, 0.15) is 5.82 Å². The molecule has 0 radical (unpaired) electrons. The number of piperidine rings is 1. The largest absolute Gasteiger partial charge is 0.373 e. The van der Waals surface area contributed by atoms with E-state index in [4.69, 9.17) is 4.74 Å². The minimum absolute atomic E-state index is 0.139. The fraction of sp³-hybridized carbons (Fsp3) is 0.522. The summed E-state index contributed by atoms with van der Waals surface area (Å²) in [5, 5.41) is 0. The lowest BCUT2D eigenvalue weighted by Crippen LogP contribution is -2.46. The summed E-state index contributed by atoms with van der Waals surface area (Å²) in [5.74, 6) is 0.133. The van der Waals surface area contributed by atoms with E-state index in [9.17, 15) is 14.0 Å². The van der Waals surface area contributed by atoms with Crippen LogP contribution in [0.1, 0.15) is 37.7 Å². The second-order valence-electron chi connectivity index (χ2n) is 8.88. The normalized spacial score (nSPS) is 23.2. The summed E-state index contributed by atoms with van der Waals surface area (Å²) in [6, 6.07) is 7.63. The zero-order valence-electron chi connectivity index (χ0n) is 18.2. The van der Waals surface area contributed by atoms with Crippen LogP contribution < -0.4 is 11.4 Å². The Balaban J connectivity index is 1.18. The lowest BCUT2D eigenvalue weighted by Gasteiger charge is -2.38. The fourth-order valence-corrected chi connectivity index (χ4v) is 5.26. The van der Waals surface area contributed by atoms with E-state index in [2.05, 4.69) is 9.88 Å². The number of rotatable bonds is 7. The summed E-state index contributed by atoms with van der Waals surface area (Å²) in [7, 11) is 1.75. The maximum absolute atomic E-state index is 13.9. The average molecular weight is 442 g/mol. The van der Waals surface area contributed by atoms with Gasteiger partial charge in [-0.15, -0.1) is 0 Å². The van der Waals surface area contributed by atoms with Crippen LogP contribution in [0.2, 0.25) is 0 Å². The van der Waals surface area contributed by atoms with Crippen LogP contribution in [0, 0.1) is 5.82 Å². The minimum atomic E-state index is -0.500. The number of halogens is 1. The first-order chi connectivity index (χ1) is 15.5. The number of aryl methyl sites for hydroxylation is 1. The molecule has 2 fully saturated rings. The van der Waals surface area contributed by atoms with Crippen LogP contribution in [0.3, 0.4) is 0 Å². The van der Waals surface area contributed by atoms with Gasteiger partial charge in [0.15, 0.2) is 0 Å². The van der Waals surface area contributed by atoms with E-state index in [0.29, 0.717) is 43.0 Å². The molecule has 2 atom stereocenters. The average Bonchev–Trinajstić information content (AvgIpc) is 3.25. The van der Waals surface area contributed by atoms with Gasteiger partial charge in [-0.2, -0.15) is 4.98 Å². The molecule has 2 aliphatic heterocycles. The molecule has 9 heteroatoms. The predicted molar refractivity (Wildman–Crippen MR) is 117 cm³/mol. The Kier molecular flexibility index (Phi) is 5.69. The Bertz CT molecular complexity index is 1220. The van der Waals surface area contributed by atoms with Gasteiger partial charge in [-0.1, -0.05) is 18.2 Å². The molecule has 1 aromatic carbocycles. The number of hydrogen-bond acceptors (Lipinski definition) is 5. The predicted octanol–water partition coefficient (Wildman–Crippen LogP) is 1.94. The lowest BCUT2D eigenvalue weighted by molar-refractivity contribution is -0.0293. The second-order valence-corrected chi connectivity index (χ2v) is 8.88. The van der Waals surface area contributed by atoms with E-state index < -0.39 is 5.69 Å².